The number of aromatic nitrogens is 2. The van der Waals surface area contributed by atoms with Crippen molar-refractivity contribution in [2.24, 2.45) is 5.92 Å². The first kappa shape index (κ1) is 13.1. The summed E-state index contributed by atoms with van der Waals surface area (Å²) in [7, 11) is 0. The minimum absolute atomic E-state index is 0.117. The van der Waals surface area contributed by atoms with Gasteiger partial charge in [0.2, 0.25) is 5.91 Å². The van der Waals surface area contributed by atoms with Crippen LogP contribution in [0.15, 0.2) is 21.9 Å². The summed E-state index contributed by atoms with van der Waals surface area (Å²) in [6, 6.07) is -0.0834. The lowest BCUT2D eigenvalue weighted by Gasteiger charge is -2.15. The van der Waals surface area contributed by atoms with E-state index in [2.05, 4.69) is 5.32 Å². The number of hydrogen-bond acceptors (Lipinski definition) is 4. The SMILES string of the molecule is O=C(NC(Cn1ccc(=O)[nH]c1=O)C(=O)O)C1CC1. The predicted molar refractivity (Wildman–Crippen MR) is 63.6 cm³/mol. The number of aliphatic carboxylic acids is 1. The van der Waals surface area contributed by atoms with Gasteiger partial charge >= 0.3 is 11.7 Å². The highest BCUT2D eigenvalue weighted by molar-refractivity contribution is 5.86. The van der Waals surface area contributed by atoms with Crippen LogP contribution in [0.1, 0.15) is 12.8 Å². The van der Waals surface area contributed by atoms with E-state index in [-0.39, 0.29) is 18.4 Å². The van der Waals surface area contributed by atoms with Crippen LogP contribution in [0.25, 0.3) is 0 Å². The Kier molecular flexibility index (Phi) is 3.50. The van der Waals surface area contributed by atoms with E-state index in [0.717, 1.165) is 23.5 Å². The van der Waals surface area contributed by atoms with Crippen molar-refractivity contribution in [3.05, 3.63) is 33.1 Å². The van der Waals surface area contributed by atoms with Crippen LogP contribution in [0.5, 0.6) is 0 Å². The molecule has 1 aromatic rings. The first-order valence-electron chi connectivity index (χ1n) is 5.80. The molecule has 1 aromatic heterocycles. The molecule has 102 valence electrons. The monoisotopic (exact) mass is 267 g/mol. The van der Waals surface area contributed by atoms with Gasteiger partial charge in [0, 0.05) is 18.2 Å². The van der Waals surface area contributed by atoms with Crippen molar-refractivity contribution in [2.45, 2.75) is 25.4 Å². The quantitative estimate of drug-likeness (QED) is 0.600. The fourth-order valence-electron chi connectivity index (χ4n) is 1.61. The molecule has 1 amide bonds. The first-order valence-corrected chi connectivity index (χ1v) is 5.80. The van der Waals surface area contributed by atoms with Crippen LogP contribution >= 0.6 is 0 Å². The number of carbonyl (C=O) groups is 2. The number of nitrogens with one attached hydrogen (secondary N) is 2. The number of rotatable bonds is 5. The van der Waals surface area contributed by atoms with Crippen molar-refractivity contribution < 1.29 is 14.7 Å². The lowest BCUT2D eigenvalue weighted by molar-refractivity contribution is -0.142. The zero-order valence-corrected chi connectivity index (χ0v) is 9.96. The average Bonchev–Trinajstić information content (AvgIpc) is 3.15. The number of amides is 1. The molecule has 0 radical (unpaired) electrons. The standard InChI is InChI=1S/C11H13N3O5/c15-8-3-4-14(11(19)13-8)5-7(10(17)18)12-9(16)6-1-2-6/h3-4,6-7H,1-2,5H2,(H,12,16)(H,17,18)(H,13,15,19). The minimum Gasteiger partial charge on any atom is -0.480 e. The third-order valence-electron chi connectivity index (χ3n) is 2.84. The molecule has 2 rings (SSSR count). The van der Waals surface area contributed by atoms with Gasteiger partial charge in [-0.1, -0.05) is 0 Å². The fourth-order valence-corrected chi connectivity index (χ4v) is 1.61. The molecule has 8 heteroatoms. The van der Waals surface area contributed by atoms with Crippen molar-refractivity contribution >= 4 is 11.9 Å². The van der Waals surface area contributed by atoms with Crippen molar-refractivity contribution in [3.63, 3.8) is 0 Å². The van der Waals surface area contributed by atoms with Crippen LogP contribution in [0.2, 0.25) is 0 Å². The first-order chi connectivity index (χ1) is 8.97. The van der Waals surface area contributed by atoms with Gasteiger partial charge in [0.05, 0.1) is 6.54 Å². The van der Waals surface area contributed by atoms with E-state index in [9.17, 15) is 19.2 Å². The summed E-state index contributed by atoms with van der Waals surface area (Å²) in [5, 5.41) is 11.4. The highest BCUT2D eigenvalue weighted by Crippen LogP contribution is 2.28. The van der Waals surface area contributed by atoms with Crippen molar-refractivity contribution in [1.82, 2.24) is 14.9 Å². The number of nitrogens with zero attached hydrogens (tertiary/aromatic N) is 1. The molecule has 1 aliphatic carbocycles. The Balaban J connectivity index is 2.11. The number of carboxylic acids is 1. The third-order valence-corrected chi connectivity index (χ3v) is 2.84. The number of H-pyrrole nitrogens is 1. The van der Waals surface area contributed by atoms with E-state index < -0.39 is 23.3 Å². The van der Waals surface area contributed by atoms with Gasteiger partial charge < -0.3 is 10.4 Å². The molecule has 1 atom stereocenters. The average molecular weight is 267 g/mol. The predicted octanol–water partition coefficient (Wildman–Crippen LogP) is -1.48. The third kappa shape index (κ3) is 3.30. The van der Waals surface area contributed by atoms with E-state index in [1.807, 2.05) is 4.98 Å². The van der Waals surface area contributed by atoms with E-state index in [0.29, 0.717) is 0 Å². The van der Waals surface area contributed by atoms with Crippen LogP contribution in [0, 0.1) is 5.92 Å². The minimum atomic E-state index is -1.23. The summed E-state index contributed by atoms with van der Waals surface area (Å²) >= 11 is 0. The van der Waals surface area contributed by atoms with E-state index in [1.54, 1.807) is 0 Å². The van der Waals surface area contributed by atoms with Gasteiger partial charge in [-0.15, -0.1) is 0 Å². The molecule has 8 nitrogen and oxygen atoms in total. The van der Waals surface area contributed by atoms with Crippen molar-refractivity contribution in [1.29, 1.82) is 0 Å². The van der Waals surface area contributed by atoms with Gasteiger partial charge in [0.15, 0.2) is 0 Å². The molecule has 0 spiro atoms. The Hall–Kier alpha value is -2.38. The molecule has 0 aliphatic heterocycles. The van der Waals surface area contributed by atoms with Crippen LogP contribution in [0.4, 0.5) is 0 Å². The zero-order valence-electron chi connectivity index (χ0n) is 9.96. The van der Waals surface area contributed by atoms with Gasteiger partial charge in [-0.25, -0.2) is 9.59 Å². The van der Waals surface area contributed by atoms with E-state index in [4.69, 9.17) is 5.11 Å². The summed E-state index contributed by atoms with van der Waals surface area (Å²) in [4.78, 5) is 46.9. The van der Waals surface area contributed by atoms with Crippen molar-refractivity contribution in [3.8, 4) is 0 Å². The van der Waals surface area contributed by atoms with Gasteiger partial charge in [0.25, 0.3) is 5.56 Å². The van der Waals surface area contributed by atoms with Gasteiger partial charge in [-0.2, -0.15) is 0 Å². The smallest absolute Gasteiger partial charge is 0.328 e. The molecule has 19 heavy (non-hydrogen) atoms. The van der Waals surface area contributed by atoms with Crippen LogP contribution < -0.4 is 16.6 Å². The maximum Gasteiger partial charge on any atom is 0.328 e. The molecule has 1 unspecified atom stereocenters. The number of aromatic amines is 1. The molecule has 3 N–H and O–H groups in total. The second kappa shape index (κ2) is 5.09. The maximum absolute atomic E-state index is 11.5. The lowest BCUT2D eigenvalue weighted by Crippen LogP contribution is -2.46. The summed E-state index contributed by atoms with van der Waals surface area (Å²) in [5.74, 6) is -1.66. The Labute approximate surface area is 107 Å². The summed E-state index contributed by atoms with van der Waals surface area (Å²) in [5.41, 5.74) is -1.27. The molecule has 0 saturated heterocycles. The Morgan fingerprint density at radius 3 is 2.68 bits per heavy atom. The maximum atomic E-state index is 11.5. The van der Waals surface area contributed by atoms with Crippen LogP contribution in [-0.2, 0) is 16.1 Å². The number of hydrogen-bond donors (Lipinski definition) is 3. The topological polar surface area (TPSA) is 121 Å². The highest BCUT2D eigenvalue weighted by Gasteiger charge is 2.32. The van der Waals surface area contributed by atoms with E-state index >= 15 is 0 Å². The van der Waals surface area contributed by atoms with Crippen LogP contribution in [0.3, 0.4) is 0 Å². The fraction of sp³-hybridized carbons (Fsp3) is 0.455. The van der Waals surface area contributed by atoms with Crippen molar-refractivity contribution in [2.75, 3.05) is 0 Å². The van der Waals surface area contributed by atoms with E-state index in [1.165, 1.54) is 6.20 Å². The largest absolute Gasteiger partial charge is 0.480 e. The Morgan fingerprint density at radius 1 is 1.47 bits per heavy atom. The molecule has 1 heterocycles. The Morgan fingerprint density at radius 2 is 2.16 bits per heavy atom. The van der Waals surface area contributed by atoms with Gasteiger partial charge in [-0.3, -0.25) is 19.1 Å². The summed E-state index contributed by atoms with van der Waals surface area (Å²) in [6.07, 6.45) is 2.72. The molecular weight excluding hydrogens is 254 g/mol. The molecule has 0 aromatic carbocycles. The summed E-state index contributed by atoms with van der Waals surface area (Å²) in [6.45, 7) is -0.233. The molecule has 1 fully saturated rings. The number of carbonyl (C=O) groups excluding carboxylic acids is 1. The van der Waals surface area contributed by atoms with Gasteiger partial charge in [0.1, 0.15) is 6.04 Å². The molecule has 0 bridgehead atoms. The zero-order chi connectivity index (χ0) is 14.0. The second-order valence-electron chi connectivity index (χ2n) is 4.44. The molecule has 1 saturated carbocycles. The second-order valence-corrected chi connectivity index (χ2v) is 4.44. The number of carboxylic acid groups (broad SMARTS) is 1. The highest BCUT2D eigenvalue weighted by atomic mass is 16.4. The summed E-state index contributed by atoms with van der Waals surface area (Å²) < 4.78 is 1.04. The van der Waals surface area contributed by atoms with Crippen LogP contribution in [-0.4, -0.2) is 32.6 Å². The normalized spacial score (nSPS) is 15.8. The van der Waals surface area contributed by atoms with Gasteiger partial charge in [-0.05, 0) is 12.8 Å². The lowest BCUT2D eigenvalue weighted by atomic mass is 10.2. The molecular formula is C11H13N3O5. The Bertz CT molecular complexity index is 613. The molecule has 1 aliphatic rings.